The fourth-order valence-electron chi connectivity index (χ4n) is 2.99. The van der Waals surface area contributed by atoms with E-state index in [1.807, 2.05) is 39.3 Å². The number of thiazole rings is 1. The lowest BCUT2D eigenvalue weighted by Gasteiger charge is -2.08. The fourth-order valence-corrected chi connectivity index (χ4v) is 4.16. The number of rotatable bonds is 7. The molecule has 0 atom stereocenters. The molecule has 4 rings (SSSR count). The Balaban J connectivity index is 1.62. The van der Waals surface area contributed by atoms with Gasteiger partial charge in [-0.2, -0.15) is 15.3 Å². The van der Waals surface area contributed by atoms with E-state index in [0.29, 0.717) is 19.4 Å². The molecule has 144 valence electrons. The number of carbonyl (C=O) groups excluding carboxylic acids is 1. The van der Waals surface area contributed by atoms with Crippen LogP contribution in [0.25, 0.3) is 10.3 Å². The number of hydrogen-bond donors (Lipinski definition) is 1. The first-order valence-electron chi connectivity index (χ1n) is 8.72. The normalized spacial score (nSPS) is 11.7. The molecule has 0 saturated heterocycles. The Labute approximate surface area is 165 Å². The van der Waals surface area contributed by atoms with Crippen molar-refractivity contribution in [1.29, 1.82) is 0 Å². The van der Waals surface area contributed by atoms with Gasteiger partial charge in [-0.1, -0.05) is 0 Å². The van der Waals surface area contributed by atoms with Gasteiger partial charge in [0, 0.05) is 44.2 Å². The van der Waals surface area contributed by atoms with Crippen molar-refractivity contribution in [3.05, 3.63) is 52.2 Å². The summed E-state index contributed by atoms with van der Waals surface area (Å²) in [5.74, 6) is 0. The maximum Gasteiger partial charge on any atom is 0.230 e. The van der Waals surface area contributed by atoms with Crippen molar-refractivity contribution in [2.24, 2.45) is 19.2 Å². The van der Waals surface area contributed by atoms with E-state index in [9.17, 15) is 4.79 Å². The lowest BCUT2D eigenvalue weighted by molar-refractivity contribution is -0.118. The number of aromatic amines is 1. The van der Waals surface area contributed by atoms with Crippen LogP contribution in [0.1, 0.15) is 27.7 Å². The number of carbonyl (C=O) groups is 1. The standard InChI is InChI=1S/C18H20N8OS/c1-12-15(9-20-26(11-27)10-14-4-6-19-22-14)17-18(25(12)3)21-16(28-17)8-13-5-7-24(2)23-13/h4-7,9,11H,8,10H2,1-3H3,(H,19,22)/b20-9-. The maximum atomic E-state index is 11.4. The SMILES string of the molecule is Cc1c(/C=N\N(C=O)Cc2ccn[nH]2)c2sc(Cc3ccn(C)n3)nc2n1C. The summed E-state index contributed by atoms with van der Waals surface area (Å²) < 4.78 is 4.90. The van der Waals surface area contributed by atoms with E-state index in [1.165, 1.54) is 5.01 Å². The van der Waals surface area contributed by atoms with Crippen molar-refractivity contribution in [2.75, 3.05) is 0 Å². The minimum absolute atomic E-state index is 0.336. The number of nitrogens with one attached hydrogen (secondary N) is 1. The minimum atomic E-state index is 0.336. The minimum Gasteiger partial charge on any atom is -0.332 e. The van der Waals surface area contributed by atoms with Gasteiger partial charge in [0.05, 0.1) is 28.8 Å². The zero-order valence-corrected chi connectivity index (χ0v) is 16.6. The van der Waals surface area contributed by atoms with Crippen LogP contribution in [-0.4, -0.2) is 47.2 Å². The number of aromatic nitrogens is 6. The molecule has 0 spiro atoms. The highest BCUT2D eigenvalue weighted by molar-refractivity contribution is 7.19. The number of hydrogen-bond acceptors (Lipinski definition) is 6. The average Bonchev–Trinajstić information content (AvgIpc) is 3.44. The van der Waals surface area contributed by atoms with Gasteiger partial charge in [-0.25, -0.2) is 9.99 Å². The Kier molecular flexibility index (Phi) is 4.78. The second kappa shape index (κ2) is 7.39. The number of fused-ring (bicyclic) bond motifs is 1. The third kappa shape index (κ3) is 3.46. The van der Waals surface area contributed by atoms with E-state index >= 15 is 0 Å². The summed E-state index contributed by atoms with van der Waals surface area (Å²) in [6.45, 7) is 2.36. The quantitative estimate of drug-likeness (QED) is 0.293. The topological polar surface area (TPSA) is 97.0 Å². The molecule has 0 fully saturated rings. The molecule has 4 aromatic heterocycles. The molecular formula is C18H20N8OS. The van der Waals surface area contributed by atoms with Crippen LogP contribution in [0.4, 0.5) is 0 Å². The molecule has 0 aliphatic carbocycles. The molecule has 9 nitrogen and oxygen atoms in total. The monoisotopic (exact) mass is 396 g/mol. The number of amides is 1. The van der Waals surface area contributed by atoms with E-state index < -0.39 is 0 Å². The van der Waals surface area contributed by atoms with Gasteiger partial charge in [-0.3, -0.25) is 14.6 Å². The fraction of sp³-hybridized carbons (Fsp3) is 0.278. The molecule has 1 amide bonds. The van der Waals surface area contributed by atoms with Crippen LogP contribution >= 0.6 is 11.3 Å². The summed E-state index contributed by atoms with van der Waals surface area (Å²) in [6.07, 6.45) is 6.69. The molecule has 0 saturated carbocycles. The summed E-state index contributed by atoms with van der Waals surface area (Å²) in [6, 6.07) is 3.81. The van der Waals surface area contributed by atoms with Crippen LogP contribution in [0.15, 0.2) is 29.6 Å². The van der Waals surface area contributed by atoms with Crippen LogP contribution in [0, 0.1) is 6.92 Å². The molecule has 4 aromatic rings. The summed E-state index contributed by atoms with van der Waals surface area (Å²) in [4.78, 5) is 16.2. The van der Waals surface area contributed by atoms with E-state index in [2.05, 4.69) is 25.0 Å². The van der Waals surface area contributed by atoms with E-state index in [0.717, 1.165) is 38.0 Å². The molecule has 0 aliphatic heterocycles. The zero-order chi connectivity index (χ0) is 19.7. The lowest BCUT2D eigenvalue weighted by atomic mass is 10.3. The van der Waals surface area contributed by atoms with Gasteiger partial charge < -0.3 is 4.57 Å². The number of H-pyrrole nitrogens is 1. The second-order valence-corrected chi connectivity index (χ2v) is 7.59. The predicted octanol–water partition coefficient (Wildman–Crippen LogP) is 1.98. The van der Waals surface area contributed by atoms with Crippen LogP contribution in [-0.2, 0) is 31.9 Å². The molecule has 0 unspecified atom stereocenters. The predicted molar refractivity (Wildman–Crippen MR) is 107 cm³/mol. The van der Waals surface area contributed by atoms with Crippen molar-refractivity contribution < 1.29 is 4.79 Å². The van der Waals surface area contributed by atoms with Crippen LogP contribution in [0.2, 0.25) is 0 Å². The molecule has 1 N–H and O–H groups in total. The molecule has 0 aromatic carbocycles. The van der Waals surface area contributed by atoms with Gasteiger partial charge in [-0.05, 0) is 19.1 Å². The summed E-state index contributed by atoms with van der Waals surface area (Å²) in [5, 5.41) is 17.8. The van der Waals surface area contributed by atoms with Gasteiger partial charge in [-0.15, -0.1) is 11.3 Å². The molecule has 10 heteroatoms. The largest absolute Gasteiger partial charge is 0.332 e. The highest BCUT2D eigenvalue weighted by Gasteiger charge is 2.17. The van der Waals surface area contributed by atoms with E-state index in [-0.39, 0.29) is 0 Å². The van der Waals surface area contributed by atoms with Crippen molar-refractivity contribution in [2.45, 2.75) is 19.9 Å². The smallest absolute Gasteiger partial charge is 0.230 e. The van der Waals surface area contributed by atoms with Crippen molar-refractivity contribution >= 4 is 34.3 Å². The third-order valence-electron chi connectivity index (χ3n) is 4.56. The second-order valence-electron chi connectivity index (χ2n) is 6.51. The number of aryl methyl sites for hydroxylation is 2. The molecule has 28 heavy (non-hydrogen) atoms. The first kappa shape index (κ1) is 18.1. The van der Waals surface area contributed by atoms with Crippen LogP contribution in [0.5, 0.6) is 0 Å². The first-order valence-corrected chi connectivity index (χ1v) is 9.54. The highest BCUT2D eigenvalue weighted by atomic mass is 32.1. The van der Waals surface area contributed by atoms with Gasteiger partial charge in [0.1, 0.15) is 5.01 Å². The Morgan fingerprint density at radius 1 is 1.36 bits per heavy atom. The molecule has 0 radical (unpaired) electrons. The number of hydrazone groups is 1. The first-order chi connectivity index (χ1) is 13.5. The maximum absolute atomic E-state index is 11.4. The van der Waals surface area contributed by atoms with E-state index in [4.69, 9.17) is 4.98 Å². The van der Waals surface area contributed by atoms with Crippen molar-refractivity contribution in [1.82, 2.24) is 34.5 Å². The summed E-state index contributed by atoms with van der Waals surface area (Å²) in [7, 11) is 3.89. The number of nitrogens with zero attached hydrogens (tertiary/aromatic N) is 7. The third-order valence-corrected chi connectivity index (χ3v) is 5.64. The molecule has 0 aliphatic rings. The molecular weight excluding hydrogens is 376 g/mol. The highest BCUT2D eigenvalue weighted by Crippen LogP contribution is 2.30. The summed E-state index contributed by atoms with van der Waals surface area (Å²) in [5.41, 5.74) is 4.74. The van der Waals surface area contributed by atoms with Crippen LogP contribution < -0.4 is 0 Å². The van der Waals surface area contributed by atoms with Gasteiger partial charge in [0.15, 0.2) is 5.65 Å². The summed E-state index contributed by atoms with van der Waals surface area (Å²) >= 11 is 1.63. The van der Waals surface area contributed by atoms with Crippen molar-refractivity contribution in [3.63, 3.8) is 0 Å². The Morgan fingerprint density at radius 3 is 2.89 bits per heavy atom. The van der Waals surface area contributed by atoms with Gasteiger partial charge >= 0.3 is 0 Å². The molecule has 4 heterocycles. The zero-order valence-electron chi connectivity index (χ0n) is 15.8. The van der Waals surface area contributed by atoms with Crippen molar-refractivity contribution in [3.8, 4) is 0 Å². The van der Waals surface area contributed by atoms with Crippen LogP contribution in [0.3, 0.4) is 0 Å². The lowest BCUT2D eigenvalue weighted by Crippen LogP contribution is -2.15. The Bertz CT molecular complexity index is 1130. The Hall–Kier alpha value is -3.27. The Morgan fingerprint density at radius 2 is 2.21 bits per heavy atom. The van der Waals surface area contributed by atoms with E-state index in [1.54, 1.807) is 28.4 Å². The van der Waals surface area contributed by atoms with Gasteiger partial charge in [0.25, 0.3) is 0 Å². The van der Waals surface area contributed by atoms with Gasteiger partial charge in [0.2, 0.25) is 6.41 Å². The molecule has 0 bridgehead atoms. The average molecular weight is 396 g/mol.